The molecule has 2 aromatic rings. The SMILES string of the molecule is Cc1cc(C)cc(C(=O)c2ccccc2N2CCCC2)c1. The van der Waals surface area contributed by atoms with Crippen LogP contribution in [-0.2, 0) is 0 Å². The summed E-state index contributed by atoms with van der Waals surface area (Å²) in [4.78, 5) is 15.2. The van der Waals surface area contributed by atoms with E-state index < -0.39 is 0 Å². The first-order chi connectivity index (χ1) is 10.1. The Hall–Kier alpha value is -2.09. The summed E-state index contributed by atoms with van der Waals surface area (Å²) in [5, 5.41) is 0. The van der Waals surface area contributed by atoms with E-state index in [0.29, 0.717) is 0 Å². The van der Waals surface area contributed by atoms with Crippen molar-refractivity contribution in [3.8, 4) is 0 Å². The van der Waals surface area contributed by atoms with Crippen LogP contribution in [0.15, 0.2) is 42.5 Å². The van der Waals surface area contributed by atoms with Gasteiger partial charge in [-0.3, -0.25) is 4.79 Å². The number of carbonyl (C=O) groups is 1. The van der Waals surface area contributed by atoms with E-state index in [9.17, 15) is 4.79 Å². The van der Waals surface area contributed by atoms with E-state index in [4.69, 9.17) is 0 Å². The molecule has 0 amide bonds. The molecule has 1 aliphatic rings. The lowest BCUT2D eigenvalue weighted by Gasteiger charge is -2.20. The maximum absolute atomic E-state index is 12.9. The summed E-state index contributed by atoms with van der Waals surface area (Å²) in [5.41, 5.74) is 4.97. The van der Waals surface area contributed by atoms with Crippen LogP contribution in [0.2, 0.25) is 0 Å². The molecule has 0 aromatic heterocycles. The Bertz CT molecular complexity index is 649. The van der Waals surface area contributed by atoms with Crippen molar-refractivity contribution >= 4 is 11.5 Å². The highest BCUT2D eigenvalue weighted by Gasteiger charge is 2.20. The molecular formula is C19H21NO. The van der Waals surface area contributed by atoms with Gasteiger partial charge in [-0.15, -0.1) is 0 Å². The predicted molar refractivity (Wildman–Crippen MR) is 87.2 cm³/mol. The largest absolute Gasteiger partial charge is 0.371 e. The van der Waals surface area contributed by atoms with Gasteiger partial charge in [0.05, 0.1) is 0 Å². The third-order valence-electron chi connectivity index (χ3n) is 4.08. The van der Waals surface area contributed by atoms with Gasteiger partial charge in [0.1, 0.15) is 0 Å². The van der Waals surface area contributed by atoms with Gasteiger partial charge in [-0.25, -0.2) is 0 Å². The minimum absolute atomic E-state index is 0.129. The minimum atomic E-state index is 0.129. The van der Waals surface area contributed by atoms with Gasteiger partial charge in [-0.05, 0) is 51.0 Å². The van der Waals surface area contributed by atoms with Crippen molar-refractivity contribution in [2.24, 2.45) is 0 Å². The molecule has 1 heterocycles. The molecule has 1 saturated heterocycles. The first-order valence-corrected chi connectivity index (χ1v) is 7.62. The zero-order valence-electron chi connectivity index (χ0n) is 12.7. The van der Waals surface area contributed by atoms with E-state index in [1.807, 2.05) is 44.2 Å². The highest BCUT2D eigenvalue weighted by Crippen LogP contribution is 2.27. The van der Waals surface area contributed by atoms with Crippen molar-refractivity contribution in [2.75, 3.05) is 18.0 Å². The Balaban J connectivity index is 2.01. The van der Waals surface area contributed by atoms with Gasteiger partial charge in [0.25, 0.3) is 0 Å². The maximum atomic E-state index is 12.9. The molecule has 0 atom stereocenters. The van der Waals surface area contributed by atoms with Crippen LogP contribution in [0.1, 0.15) is 39.9 Å². The summed E-state index contributed by atoms with van der Waals surface area (Å²) in [6.07, 6.45) is 2.43. The number of aryl methyl sites for hydroxylation is 2. The number of benzene rings is 2. The second-order valence-electron chi connectivity index (χ2n) is 5.92. The first-order valence-electron chi connectivity index (χ1n) is 7.62. The molecule has 0 N–H and O–H groups in total. The molecule has 1 fully saturated rings. The summed E-state index contributed by atoms with van der Waals surface area (Å²) in [6.45, 7) is 6.18. The van der Waals surface area contributed by atoms with Crippen LogP contribution < -0.4 is 4.90 Å². The number of para-hydroxylation sites is 1. The Morgan fingerprint density at radius 3 is 2.24 bits per heavy atom. The van der Waals surface area contributed by atoms with Crippen molar-refractivity contribution in [2.45, 2.75) is 26.7 Å². The molecule has 2 aromatic carbocycles. The molecule has 0 aliphatic carbocycles. The van der Waals surface area contributed by atoms with Gasteiger partial charge in [-0.2, -0.15) is 0 Å². The molecule has 1 aliphatic heterocycles. The molecule has 2 heteroatoms. The number of anilines is 1. The standard InChI is InChI=1S/C19H21NO/c1-14-11-15(2)13-16(12-14)19(21)17-7-3-4-8-18(17)20-9-5-6-10-20/h3-4,7-8,11-13H,5-6,9-10H2,1-2H3. The van der Waals surface area contributed by atoms with E-state index in [2.05, 4.69) is 17.0 Å². The summed E-state index contributed by atoms with van der Waals surface area (Å²) < 4.78 is 0. The highest BCUT2D eigenvalue weighted by molar-refractivity contribution is 6.12. The van der Waals surface area contributed by atoms with Crippen molar-refractivity contribution in [3.05, 3.63) is 64.7 Å². The van der Waals surface area contributed by atoms with Gasteiger partial charge < -0.3 is 4.90 Å². The van der Waals surface area contributed by atoms with Gasteiger partial charge in [0.15, 0.2) is 5.78 Å². The highest BCUT2D eigenvalue weighted by atomic mass is 16.1. The molecule has 21 heavy (non-hydrogen) atoms. The first kappa shape index (κ1) is 13.9. The number of rotatable bonds is 3. The molecule has 0 radical (unpaired) electrons. The molecule has 0 unspecified atom stereocenters. The zero-order valence-corrected chi connectivity index (χ0v) is 12.7. The van der Waals surface area contributed by atoms with Crippen LogP contribution >= 0.6 is 0 Å². The third kappa shape index (κ3) is 2.85. The van der Waals surface area contributed by atoms with Crippen LogP contribution in [-0.4, -0.2) is 18.9 Å². The van der Waals surface area contributed by atoms with E-state index in [-0.39, 0.29) is 5.78 Å². The van der Waals surface area contributed by atoms with Crippen LogP contribution in [0.3, 0.4) is 0 Å². The Morgan fingerprint density at radius 1 is 0.952 bits per heavy atom. The molecule has 108 valence electrons. The fraction of sp³-hybridized carbons (Fsp3) is 0.316. The molecule has 0 spiro atoms. The summed E-state index contributed by atoms with van der Waals surface area (Å²) in [5.74, 6) is 0.129. The van der Waals surface area contributed by atoms with E-state index >= 15 is 0 Å². The molecule has 0 saturated carbocycles. The van der Waals surface area contributed by atoms with Crippen molar-refractivity contribution in [3.63, 3.8) is 0 Å². The van der Waals surface area contributed by atoms with Crippen LogP contribution in [0.5, 0.6) is 0 Å². The van der Waals surface area contributed by atoms with Gasteiger partial charge in [-0.1, -0.05) is 29.3 Å². The second-order valence-corrected chi connectivity index (χ2v) is 5.92. The summed E-state index contributed by atoms with van der Waals surface area (Å²) in [6, 6.07) is 14.1. The molecule has 0 bridgehead atoms. The lowest BCUT2D eigenvalue weighted by atomic mass is 9.98. The maximum Gasteiger partial charge on any atom is 0.195 e. The topological polar surface area (TPSA) is 20.3 Å². The second kappa shape index (κ2) is 5.72. The summed E-state index contributed by atoms with van der Waals surface area (Å²) >= 11 is 0. The van der Waals surface area contributed by atoms with Crippen LogP contribution in [0, 0.1) is 13.8 Å². The Kier molecular flexibility index (Phi) is 3.78. The number of hydrogen-bond donors (Lipinski definition) is 0. The number of ketones is 1. The number of hydrogen-bond acceptors (Lipinski definition) is 2. The third-order valence-corrected chi connectivity index (χ3v) is 4.08. The van der Waals surface area contributed by atoms with Crippen LogP contribution in [0.4, 0.5) is 5.69 Å². The summed E-state index contributed by atoms with van der Waals surface area (Å²) in [7, 11) is 0. The monoisotopic (exact) mass is 279 g/mol. The average molecular weight is 279 g/mol. The van der Waals surface area contributed by atoms with Crippen molar-refractivity contribution in [1.29, 1.82) is 0 Å². The van der Waals surface area contributed by atoms with Crippen molar-refractivity contribution < 1.29 is 4.79 Å². The van der Waals surface area contributed by atoms with Gasteiger partial charge >= 0.3 is 0 Å². The quantitative estimate of drug-likeness (QED) is 0.787. The predicted octanol–water partition coefficient (Wildman–Crippen LogP) is 4.13. The Labute approximate surface area is 126 Å². The Morgan fingerprint density at radius 2 is 1.57 bits per heavy atom. The molecule has 2 nitrogen and oxygen atoms in total. The average Bonchev–Trinajstić information content (AvgIpc) is 2.99. The van der Waals surface area contributed by atoms with Gasteiger partial charge in [0.2, 0.25) is 0 Å². The minimum Gasteiger partial charge on any atom is -0.371 e. The number of nitrogens with zero attached hydrogens (tertiary/aromatic N) is 1. The fourth-order valence-corrected chi connectivity index (χ4v) is 3.16. The zero-order chi connectivity index (χ0) is 14.8. The number of carbonyl (C=O) groups excluding carboxylic acids is 1. The van der Waals surface area contributed by atoms with E-state index in [1.165, 1.54) is 12.8 Å². The molecular weight excluding hydrogens is 258 g/mol. The van der Waals surface area contributed by atoms with Crippen molar-refractivity contribution in [1.82, 2.24) is 0 Å². The van der Waals surface area contributed by atoms with Crippen LogP contribution in [0.25, 0.3) is 0 Å². The lowest BCUT2D eigenvalue weighted by molar-refractivity contribution is 0.103. The fourth-order valence-electron chi connectivity index (χ4n) is 3.16. The van der Waals surface area contributed by atoms with E-state index in [1.54, 1.807) is 0 Å². The molecule has 3 rings (SSSR count). The van der Waals surface area contributed by atoms with Gasteiger partial charge in [0, 0.05) is 29.9 Å². The van der Waals surface area contributed by atoms with E-state index in [0.717, 1.165) is 41.0 Å². The normalized spacial score (nSPS) is 14.5. The lowest BCUT2D eigenvalue weighted by Crippen LogP contribution is -2.20. The smallest absolute Gasteiger partial charge is 0.195 e.